The molecule has 0 atom stereocenters. The van der Waals surface area contributed by atoms with Crippen molar-refractivity contribution in [3.8, 4) is 0 Å². The van der Waals surface area contributed by atoms with E-state index in [0.717, 1.165) is 0 Å². The zero-order chi connectivity index (χ0) is 6.74. The standard InChI is InChI=1S/C4H9NO3S.ClH/c6-9(7)3-1-5-8-2-4-9;/h5H,1-4H2;1H. The minimum atomic E-state index is -2.81. The molecule has 6 heteroatoms. The van der Waals surface area contributed by atoms with E-state index in [1.807, 2.05) is 0 Å². The summed E-state index contributed by atoms with van der Waals surface area (Å²) in [6.07, 6.45) is 0. The summed E-state index contributed by atoms with van der Waals surface area (Å²) >= 11 is 0. The molecule has 0 unspecified atom stereocenters. The largest absolute Gasteiger partial charge is 0.301 e. The molecule has 0 spiro atoms. The Hall–Kier alpha value is 0.160. The average molecular weight is 188 g/mol. The number of sulfone groups is 1. The van der Waals surface area contributed by atoms with Gasteiger partial charge in [0.1, 0.15) is 0 Å². The second-order valence-corrected chi connectivity index (χ2v) is 4.20. The van der Waals surface area contributed by atoms with E-state index in [4.69, 9.17) is 4.84 Å². The molecule has 1 heterocycles. The zero-order valence-corrected chi connectivity index (χ0v) is 7.00. The van der Waals surface area contributed by atoms with Crippen molar-refractivity contribution in [3.63, 3.8) is 0 Å². The van der Waals surface area contributed by atoms with Gasteiger partial charge in [-0.3, -0.25) is 0 Å². The third-order valence-electron chi connectivity index (χ3n) is 1.11. The van der Waals surface area contributed by atoms with Gasteiger partial charge in [-0.2, -0.15) is 0 Å². The smallest absolute Gasteiger partial charge is 0.153 e. The Labute approximate surface area is 66.2 Å². The Balaban J connectivity index is 0.000000810. The normalized spacial score (nSPS) is 24.4. The maximum atomic E-state index is 10.8. The fraction of sp³-hybridized carbons (Fsp3) is 1.00. The summed E-state index contributed by atoms with van der Waals surface area (Å²) in [5.74, 6) is 0.326. The van der Waals surface area contributed by atoms with E-state index in [1.165, 1.54) is 0 Å². The van der Waals surface area contributed by atoms with Crippen LogP contribution in [0.5, 0.6) is 0 Å². The highest BCUT2D eigenvalue weighted by molar-refractivity contribution is 7.91. The zero-order valence-electron chi connectivity index (χ0n) is 5.37. The van der Waals surface area contributed by atoms with Crippen LogP contribution in [-0.4, -0.2) is 33.1 Å². The van der Waals surface area contributed by atoms with Gasteiger partial charge in [0.15, 0.2) is 9.84 Å². The lowest BCUT2D eigenvalue weighted by Crippen LogP contribution is -2.17. The van der Waals surface area contributed by atoms with E-state index in [9.17, 15) is 8.42 Å². The van der Waals surface area contributed by atoms with Gasteiger partial charge in [-0.15, -0.1) is 12.4 Å². The third kappa shape index (κ3) is 3.36. The molecule has 1 aliphatic rings. The quantitative estimate of drug-likeness (QED) is 0.548. The first-order chi connectivity index (χ1) is 4.21. The van der Waals surface area contributed by atoms with E-state index in [0.29, 0.717) is 6.54 Å². The second-order valence-electron chi connectivity index (χ2n) is 1.89. The van der Waals surface area contributed by atoms with Gasteiger partial charge < -0.3 is 4.84 Å². The highest BCUT2D eigenvalue weighted by Gasteiger charge is 2.12. The molecule has 1 rings (SSSR count). The van der Waals surface area contributed by atoms with Crippen LogP contribution in [0.15, 0.2) is 0 Å². The molecule has 1 fully saturated rings. The van der Waals surface area contributed by atoms with Crippen LogP contribution in [0.3, 0.4) is 0 Å². The van der Waals surface area contributed by atoms with Gasteiger partial charge in [-0.05, 0) is 0 Å². The molecule has 0 amide bonds. The van der Waals surface area contributed by atoms with Gasteiger partial charge in [-0.25, -0.2) is 13.9 Å². The first-order valence-electron chi connectivity index (χ1n) is 2.76. The second kappa shape index (κ2) is 4.12. The maximum Gasteiger partial charge on any atom is 0.153 e. The lowest BCUT2D eigenvalue weighted by Gasteiger charge is -1.93. The molecule has 0 aromatic heterocycles. The molecule has 0 bridgehead atoms. The summed E-state index contributed by atoms with van der Waals surface area (Å²) < 4.78 is 21.5. The van der Waals surface area contributed by atoms with Crippen LogP contribution in [0.25, 0.3) is 0 Å². The van der Waals surface area contributed by atoms with Gasteiger partial charge in [-0.1, -0.05) is 0 Å². The van der Waals surface area contributed by atoms with Crippen LogP contribution < -0.4 is 5.48 Å². The minimum absolute atomic E-state index is 0. The van der Waals surface area contributed by atoms with Crippen molar-refractivity contribution >= 4 is 22.2 Å². The van der Waals surface area contributed by atoms with Crippen LogP contribution in [0.4, 0.5) is 0 Å². The van der Waals surface area contributed by atoms with E-state index >= 15 is 0 Å². The highest BCUT2D eigenvalue weighted by Crippen LogP contribution is 1.92. The van der Waals surface area contributed by atoms with Crippen molar-refractivity contribution in [2.24, 2.45) is 0 Å². The fourth-order valence-corrected chi connectivity index (χ4v) is 1.55. The number of hydrogen-bond donors (Lipinski definition) is 1. The monoisotopic (exact) mass is 187 g/mol. The van der Waals surface area contributed by atoms with Crippen LogP contribution in [-0.2, 0) is 14.7 Å². The molecule has 0 aliphatic carbocycles. The molecule has 0 aromatic rings. The van der Waals surface area contributed by atoms with E-state index in [1.54, 1.807) is 0 Å². The lowest BCUT2D eigenvalue weighted by molar-refractivity contribution is 0.0600. The SMILES string of the molecule is Cl.O=S1(=O)CCNOCC1. The summed E-state index contributed by atoms with van der Waals surface area (Å²) in [6.45, 7) is 0.671. The van der Waals surface area contributed by atoms with Crippen molar-refractivity contribution in [2.45, 2.75) is 0 Å². The van der Waals surface area contributed by atoms with Gasteiger partial charge in [0.05, 0.1) is 18.1 Å². The summed E-state index contributed by atoms with van der Waals surface area (Å²) in [7, 11) is -2.81. The van der Waals surface area contributed by atoms with E-state index < -0.39 is 9.84 Å². The topological polar surface area (TPSA) is 55.4 Å². The van der Waals surface area contributed by atoms with Crippen molar-refractivity contribution in [1.29, 1.82) is 0 Å². The number of rotatable bonds is 0. The summed E-state index contributed by atoms with van der Waals surface area (Å²) in [4.78, 5) is 4.70. The van der Waals surface area contributed by atoms with Crippen molar-refractivity contribution in [2.75, 3.05) is 24.7 Å². The lowest BCUT2D eigenvalue weighted by atomic mass is 10.8. The number of nitrogens with one attached hydrogen (secondary N) is 1. The molecule has 0 radical (unpaired) electrons. The molecular formula is C4H10ClNO3S. The molecule has 4 nitrogen and oxygen atoms in total. The Morgan fingerprint density at radius 2 is 2.00 bits per heavy atom. The molecule has 0 saturated carbocycles. The van der Waals surface area contributed by atoms with Crippen molar-refractivity contribution < 1.29 is 13.3 Å². The summed E-state index contributed by atoms with van der Waals surface area (Å²) in [5.41, 5.74) is 2.52. The molecule has 10 heavy (non-hydrogen) atoms. The van der Waals surface area contributed by atoms with E-state index in [2.05, 4.69) is 5.48 Å². The van der Waals surface area contributed by atoms with Gasteiger partial charge in [0.25, 0.3) is 0 Å². The molecule has 1 saturated heterocycles. The molecule has 62 valence electrons. The average Bonchev–Trinajstić information content (AvgIpc) is 1.92. The summed E-state index contributed by atoms with van der Waals surface area (Å²) in [5, 5.41) is 0. The van der Waals surface area contributed by atoms with E-state index in [-0.39, 0.29) is 30.5 Å². The number of hydrogen-bond acceptors (Lipinski definition) is 4. The van der Waals surface area contributed by atoms with Crippen LogP contribution in [0.2, 0.25) is 0 Å². The Kier molecular flexibility index (Phi) is 4.19. The van der Waals surface area contributed by atoms with Gasteiger partial charge in [0, 0.05) is 6.54 Å². The minimum Gasteiger partial charge on any atom is -0.301 e. The number of halogens is 1. The molecule has 0 aromatic carbocycles. The Bertz CT molecular complexity index is 165. The predicted octanol–water partition coefficient (Wildman–Crippen LogP) is -0.642. The van der Waals surface area contributed by atoms with Crippen LogP contribution in [0.1, 0.15) is 0 Å². The third-order valence-corrected chi connectivity index (χ3v) is 2.73. The molecule has 1 N–H and O–H groups in total. The van der Waals surface area contributed by atoms with Crippen molar-refractivity contribution in [3.05, 3.63) is 0 Å². The highest BCUT2D eigenvalue weighted by atomic mass is 35.5. The van der Waals surface area contributed by atoms with Crippen LogP contribution >= 0.6 is 12.4 Å². The Morgan fingerprint density at radius 3 is 2.70 bits per heavy atom. The van der Waals surface area contributed by atoms with Gasteiger partial charge >= 0.3 is 0 Å². The molecular weight excluding hydrogens is 178 g/mol. The summed E-state index contributed by atoms with van der Waals surface area (Å²) in [6, 6.07) is 0. The first kappa shape index (κ1) is 10.2. The van der Waals surface area contributed by atoms with Crippen LogP contribution in [0, 0.1) is 0 Å². The number of hydroxylamine groups is 1. The Morgan fingerprint density at radius 1 is 1.30 bits per heavy atom. The van der Waals surface area contributed by atoms with Crippen molar-refractivity contribution in [1.82, 2.24) is 5.48 Å². The molecule has 1 aliphatic heterocycles. The van der Waals surface area contributed by atoms with Gasteiger partial charge in [0.2, 0.25) is 0 Å². The maximum absolute atomic E-state index is 10.8. The fourth-order valence-electron chi connectivity index (χ4n) is 0.612. The predicted molar refractivity (Wildman–Crippen MR) is 39.9 cm³/mol. The first-order valence-corrected chi connectivity index (χ1v) is 4.58.